The van der Waals surface area contributed by atoms with Gasteiger partial charge in [0.15, 0.2) is 0 Å². The summed E-state index contributed by atoms with van der Waals surface area (Å²) in [6.45, 7) is 10.2. The van der Waals surface area contributed by atoms with Gasteiger partial charge in [0.2, 0.25) is 0 Å². The molecule has 21 heavy (non-hydrogen) atoms. The van der Waals surface area contributed by atoms with E-state index in [1.165, 1.54) is 0 Å². The van der Waals surface area contributed by atoms with Gasteiger partial charge >= 0.3 is 7.12 Å². The lowest BCUT2D eigenvalue weighted by atomic mass is 9.77. The first-order valence-corrected chi connectivity index (χ1v) is 7.40. The van der Waals surface area contributed by atoms with Gasteiger partial charge in [-0.1, -0.05) is 12.1 Å². The predicted octanol–water partition coefficient (Wildman–Crippen LogP) is 2.31. The van der Waals surface area contributed by atoms with Gasteiger partial charge in [-0.3, -0.25) is 0 Å². The molecule has 0 aliphatic carbocycles. The summed E-state index contributed by atoms with van der Waals surface area (Å²) in [7, 11) is 3.58. The topological polar surface area (TPSA) is 41.9 Å². The average Bonchev–Trinajstić information content (AvgIpc) is 2.58. The van der Waals surface area contributed by atoms with Crippen molar-refractivity contribution in [1.29, 1.82) is 0 Å². The van der Waals surface area contributed by atoms with Gasteiger partial charge in [-0.05, 0) is 60.2 Å². The van der Waals surface area contributed by atoms with E-state index in [-0.39, 0.29) is 17.2 Å². The smallest absolute Gasteiger partial charge is 0.494 e. The first kappa shape index (κ1) is 16.3. The van der Waals surface area contributed by atoms with Crippen molar-refractivity contribution < 1.29 is 14.4 Å². The van der Waals surface area contributed by atoms with Crippen LogP contribution in [0.4, 0.5) is 0 Å². The highest BCUT2D eigenvalue weighted by atomic mass is 16.7. The van der Waals surface area contributed by atoms with Gasteiger partial charge in [0.05, 0.1) is 11.2 Å². The van der Waals surface area contributed by atoms with E-state index in [4.69, 9.17) is 9.31 Å². The monoisotopic (exact) mass is 291 g/mol. The largest absolute Gasteiger partial charge is 0.508 e. The molecular formula is C16H26BNO3. The van der Waals surface area contributed by atoms with Gasteiger partial charge in [0.1, 0.15) is 5.75 Å². The molecule has 0 saturated carbocycles. The van der Waals surface area contributed by atoms with Crippen molar-refractivity contribution in [3.8, 4) is 5.75 Å². The van der Waals surface area contributed by atoms with Crippen LogP contribution in [0.1, 0.15) is 46.2 Å². The fourth-order valence-electron chi connectivity index (χ4n) is 2.31. The second kappa shape index (κ2) is 5.31. The summed E-state index contributed by atoms with van der Waals surface area (Å²) in [5, 5.41) is 10.1. The number of phenolic OH excluding ortho intramolecular Hbond substituents is 1. The van der Waals surface area contributed by atoms with Crippen LogP contribution in [0.5, 0.6) is 5.75 Å². The van der Waals surface area contributed by atoms with E-state index in [0.717, 1.165) is 11.0 Å². The fraction of sp³-hybridized carbons (Fsp3) is 0.625. The average molecular weight is 291 g/mol. The van der Waals surface area contributed by atoms with E-state index in [2.05, 4.69) is 11.8 Å². The van der Waals surface area contributed by atoms with Gasteiger partial charge in [0, 0.05) is 11.6 Å². The summed E-state index contributed by atoms with van der Waals surface area (Å²) >= 11 is 0. The van der Waals surface area contributed by atoms with Gasteiger partial charge < -0.3 is 19.3 Å². The summed E-state index contributed by atoms with van der Waals surface area (Å²) in [5.74, 6) is 0.302. The van der Waals surface area contributed by atoms with Gasteiger partial charge in [-0.15, -0.1) is 0 Å². The number of phenols is 1. The molecule has 1 unspecified atom stereocenters. The van der Waals surface area contributed by atoms with E-state index < -0.39 is 7.12 Å². The normalized spacial score (nSPS) is 21.8. The third kappa shape index (κ3) is 2.96. The zero-order valence-corrected chi connectivity index (χ0v) is 14.1. The molecule has 0 radical (unpaired) electrons. The molecule has 5 heteroatoms. The number of benzene rings is 1. The highest BCUT2D eigenvalue weighted by Crippen LogP contribution is 2.37. The van der Waals surface area contributed by atoms with Crippen molar-refractivity contribution in [3.05, 3.63) is 23.8 Å². The summed E-state index contributed by atoms with van der Waals surface area (Å²) < 4.78 is 12.1. The van der Waals surface area contributed by atoms with Crippen molar-refractivity contribution in [2.75, 3.05) is 14.1 Å². The van der Waals surface area contributed by atoms with Crippen molar-refractivity contribution >= 4 is 12.6 Å². The SMILES string of the molecule is CC(c1cc(B2OC(C)(C)C(C)(C)O2)ccc1O)N(C)C. The van der Waals surface area contributed by atoms with Crippen LogP contribution in [-0.4, -0.2) is 42.4 Å². The maximum atomic E-state index is 10.1. The molecule has 0 aromatic heterocycles. The molecule has 116 valence electrons. The standard InChI is InChI=1S/C16H26BNO3/c1-11(18(6)7)13-10-12(8-9-14(13)19)17-20-15(2,3)16(4,5)21-17/h8-11,19H,1-7H3. The summed E-state index contributed by atoms with van der Waals surface area (Å²) in [6.07, 6.45) is 0. The fourth-order valence-corrected chi connectivity index (χ4v) is 2.31. The van der Waals surface area contributed by atoms with Gasteiger partial charge in [0.25, 0.3) is 0 Å². The molecule has 1 atom stereocenters. The zero-order valence-electron chi connectivity index (χ0n) is 14.1. The van der Waals surface area contributed by atoms with Crippen LogP contribution in [-0.2, 0) is 9.31 Å². The lowest BCUT2D eigenvalue weighted by molar-refractivity contribution is 0.00578. The molecule has 1 aromatic carbocycles. The number of aromatic hydroxyl groups is 1. The highest BCUT2D eigenvalue weighted by Gasteiger charge is 2.51. The molecule has 1 heterocycles. The van der Waals surface area contributed by atoms with E-state index in [9.17, 15) is 5.11 Å². The van der Waals surface area contributed by atoms with Gasteiger partial charge in [-0.25, -0.2) is 0 Å². The zero-order chi connectivity index (χ0) is 16.0. The Balaban J connectivity index is 2.33. The maximum Gasteiger partial charge on any atom is 0.494 e. The Morgan fingerprint density at radius 1 is 1.10 bits per heavy atom. The van der Waals surface area contributed by atoms with Crippen LogP contribution in [0.3, 0.4) is 0 Å². The Morgan fingerprint density at radius 2 is 1.62 bits per heavy atom. The Hall–Kier alpha value is -1.04. The Labute approximate surface area is 128 Å². The van der Waals surface area contributed by atoms with Crippen molar-refractivity contribution in [2.45, 2.75) is 51.9 Å². The van der Waals surface area contributed by atoms with Crippen molar-refractivity contribution in [3.63, 3.8) is 0 Å². The molecule has 1 N–H and O–H groups in total. The van der Waals surface area contributed by atoms with Crippen LogP contribution in [0, 0.1) is 0 Å². The van der Waals surface area contributed by atoms with E-state index >= 15 is 0 Å². The van der Waals surface area contributed by atoms with Crippen molar-refractivity contribution in [2.24, 2.45) is 0 Å². The van der Waals surface area contributed by atoms with Gasteiger partial charge in [-0.2, -0.15) is 0 Å². The Kier molecular flexibility index (Phi) is 4.13. The summed E-state index contributed by atoms with van der Waals surface area (Å²) in [6, 6.07) is 5.67. The predicted molar refractivity (Wildman–Crippen MR) is 85.9 cm³/mol. The third-order valence-electron chi connectivity index (χ3n) is 4.80. The third-order valence-corrected chi connectivity index (χ3v) is 4.80. The molecule has 0 spiro atoms. The summed E-state index contributed by atoms with van der Waals surface area (Å²) in [5.41, 5.74) is 1.11. The first-order chi connectivity index (χ1) is 9.55. The van der Waals surface area contributed by atoms with E-state index in [1.54, 1.807) is 6.07 Å². The molecule has 1 aromatic rings. The molecule has 1 aliphatic heterocycles. The molecule has 4 nitrogen and oxygen atoms in total. The maximum absolute atomic E-state index is 10.1. The highest BCUT2D eigenvalue weighted by molar-refractivity contribution is 6.62. The molecular weight excluding hydrogens is 265 g/mol. The Bertz CT molecular complexity index is 512. The number of hydrogen-bond donors (Lipinski definition) is 1. The van der Waals surface area contributed by atoms with Crippen LogP contribution in [0.2, 0.25) is 0 Å². The lowest BCUT2D eigenvalue weighted by Gasteiger charge is -2.32. The molecule has 0 amide bonds. The van der Waals surface area contributed by atoms with Crippen LogP contribution < -0.4 is 5.46 Å². The molecule has 1 saturated heterocycles. The van der Waals surface area contributed by atoms with E-state index in [0.29, 0.717) is 5.75 Å². The first-order valence-electron chi connectivity index (χ1n) is 7.40. The number of hydrogen-bond acceptors (Lipinski definition) is 4. The second-order valence-electron chi connectivity index (χ2n) is 7.05. The Morgan fingerprint density at radius 3 is 2.10 bits per heavy atom. The number of rotatable bonds is 3. The quantitative estimate of drug-likeness (QED) is 0.868. The molecule has 1 fully saturated rings. The molecule has 2 rings (SSSR count). The molecule has 1 aliphatic rings. The van der Waals surface area contributed by atoms with Crippen LogP contribution in [0.15, 0.2) is 18.2 Å². The lowest BCUT2D eigenvalue weighted by Crippen LogP contribution is -2.41. The van der Waals surface area contributed by atoms with E-state index in [1.807, 2.05) is 53.9 Å². The van der Waals surface area contributed by atoms with Crippen molar-refractivity contribution in [1.82, 2.24) is 4.90 Å². The molecule has 0 bridgehead atoms. The van der Waals surface area contributed by atoms with Crippen LogP contribution >= 0.6 is 0 Å². The van der Waals surface area contributed by atoms with Crippen LogP contribution in [0.25, 0.3) is 0 Å². The number of nitrogens with zero attached hydrogens (tertiary/aromatic N) is 1. The minimum Gasteiger partial charge on any atom is -0.508 e. The minimum absolute atomic E-state index is 0.118. The summed E-state index contributed by atoms with van der Waals surface area (Å²) in [4.78, 5) is 2.06. The minimum atomic E-state index is -0.399. The second-order valence-corrected chi connectivity index (χ2v) is 7.05.